The molecule has 0 aliphatic carbocycles. The lowest BCUT2D eigenvalue weighted by Crippen LogP contribution is -2.24. The number of pyridine rings is 1. The molecule has 0 radical (unpaired) electrons. The van der Waals surface area contributed by atoms with Gasteiger partial charge in [0.25, 0.3) is 0 Å². The Kier molecular flexibility index (Phi) is 4.85. The van der Waals surface area contributed by atoms with Crippen LogP contribution in [0.1, 0.15) is 37.4 Å². The van der Waals surface area contributed by atoms with Crippen LogP contribution in [0, 0.1) is 0 Å². The van der Waals surface area contributed by atoms with Gasteiger partial charge in [-0.1, -0.05) is 6.07 Å². The molecule has 0 fully saturated rings. The van der Waals surface area contributed by atoms with E-state index in [0.29, 0.717) is 6.61 Å². The van der Waals surface area contributed by atoms with E-state index in [1.54, 1.807) is 0 Å². The molecule has 0 atom stereocenters. The summed E-state index contributed by atoms with van der Waals surface area (Å²) in [5.74, 6) is 0. The third kappa shape index (κ3) is 3.72. The van der Waals surface area contributed by atoms with Crippen LogP contribution < -0.4 is 0 Å². The number of ether oxygens (including phenoxy) is 1. The Morgan fingerprint density at radius 2 is 2.14 bits per heavy atom. The lowest BCUT2D eigenvalue weighted by atomic mass is 10.2. The Balaban J connectivity index is 1.72. The Morgan fingerprint density at radius 3 is 2.91 bits per heavy atom. The minimum atomic E-state index is 0.229. The van der Waals surface area contributed by atoms with Gasteiger partial charge in [-0.15, -0.1) is 0 Å². The van der Waals surface area contributed by atoms with Crippen molar-refractivity contribution < 1.29 is 4.74 Å². The molecule has 1 aliphatic rings. The van der Waals surface area contributed by atoms with Crippen LogP contribution in [0.2, 0.25) is 0 Å². The van der Waals surface area contributed by atoms with Crippen molar-refractivity contribution >= 4 is 0 Å². The quantitative estimate of drug-likeness (QED) is 0.851. The van der Waals surface area contributed by atoms with Crippen molar-refractivity contribution in [1.82, 2.24) is 19.4 Å². The predicted molar refractivity (Wildman–Crippen MR) is 85.1 cm³/mol. The normalized spacial score (nSPS) is 15.8. The van der Waals surface area contributed by atoms with Crippen LogP contribution in [-0.4, -0.2) is 32.1 Å². The highest BCUT2D eigenvalue weighted by molar-refractivity contribution is 5.14. The Bertz CT molecular complexity index is 594. The Morgan fingerprint density at radius 1 is 1.23 bits per heavy atom. The number of aromatic nitrogens is 3. The number of rotatable bonds is 5. The molecule has 0 amide bonds. The van der Waals surface area contributed by atoms with Crippen LogP contribution in [0.15, 0.2) is 30.7 Å². The highest BCUT2D eigenvalue weighted by atomic mass is 16.5. The number of hydrogen-bond acceptors (Lipinski definition) is 4. The molecule has 0 aromatic carbocycles. The fraction of sp³-hybridized carbons (Fsp3) is 0.529. The van der Waals surface area contributed by atoms with Gasteiger partial charge in [0.2, 0.25) is 0 Å². The van der Waals surface area contributed by atoms with Crippen molar-refractivity contribution in [2.24, 2.45) is 0 Å². The molecule has 22 heavy (non-hydrogen) atoms. The number of hydrogen-bond donors (Lipinski definition) is 0. The van der Waals surface area contributed by atoms with E-state index in [2.05, 4.69) is 39.3 Å². The standard InChI is InChI=1S/C17H24N4O/c1-14(2)22-12-16-17-11-20(8-5-9-21(17)13-19-16)10-15-6-3-4-7-18-15/h3-4,6-7,13-14H,5,8-12H2,1-2H3. The summed E-state index contributed by atoms with van der Waals surface area (Å²) in [5.41, 5.74) is 3.48. The lowest BCUT2D eigenvalue weighted by molar-refractivity contribution is 0.0628. The van der Waals surface area contributed by atoms with Gasteiger partial charge in [-0.2, -0.15) is 0 Å². The fourth-order valence-electron chi connectivity index (χ4n) is 2.80. The van der Waals surface area contributed by atoms with Crippen molar-refractivity contribution in [3.63, 3.8) is 0 Å². The minimum Gasteiger partial charge on any atom is -0.372 e. The van der Waals surface area contributed by atoms with Gasteiger partial charge in [-0.05, 0) is 32.4 Å². The molecule has 0 N–H and O–H groups in total. The molecule has 3 heterocycles. The predicted octanol–water partition coefficient (Wildman–Crippen LogP) is 2.61. The molecular formula is C17H24N4O. The molecule has 0 saturated heterocycles. The van der Waals surface area contributed by atoms with Crippen LogP contribution >= 0.6 is 0 Å². The highest BCUT2D eigenvalue weighted by Gasteiger charge is 2.19. The summed E-state index contributed by atoms with van der Waals surface area (Å²) in [6.07, 6.45) is 5.19. The number of fused-ring (bicyclic) bond motifs is 1. The van der Waals surface area contributed by atoms with Crippen molar-refractivity contribution in [3.05, 3.63) is 47.8 Å². The summed E-state index contributed by atoms with van der Waals surface area (Å²) in [5, 5.41) is 0. The van der Waals surface area contributed by atoms with Crippen molar-refractivity contribution in [3.8, 4) is 0 Å². The molecule has 2 aromatic heterocycles. The first-order valence-corrected chi connectivity index (χ1v) is 7.99. The zero-order valence-electron chi connectivity index (χ0n) is 13.4. The van der Waals surface area contributed by atoms with Gasteiger partial charge in [-0.25, -0.2) is 4.98 Å². The van der Waals surface area contributed by atoms with Crippen molar-refractivity contribution in [2.75, 3.05) is 6.54 Å². The first kappa shape index (κ1) is 15.2. The van der Waals surface area contributed by atoms with Crippen LogP contribution in [0.5, 0.6) is 0 Å². The largest absolute Gasteiger partial charge is 0.372 e. The second-order valence-electron chi connectivity index (χ2n) is 6.08. The summed E-state index contributed by atoms with van der Waals surface area (Å²) in [6, 6.07) is 6.10. The van der Waals surface area contributed by atoms with Crippen LogP contribution in [-0.2, 0) is 31.0 Å². The fourth-order valence-corrected chi connectivity index (χ4v) is 2.80. The molecule has 3 rings (SSSR count). The van der Waals surface area contributed by atoms with Crippen molar-refractivity contribution in [2.45, 2.75) is 52.6 Å². The van der Waals surface area contributed by atoms with E-state index in [9.17, 15) is 0 Å². The summed E-state index contributed by atoms with van der Waals surface area (Å²) < 4.78 is 8.02. The molecule has 2 aromatic rings. The first-order valence-electron chi connectivity index (χ1n) is 7.99. The van der Waals surface area contributed by atoms with Gasteiger partial charge in [0.05, 0.1) is 36.1 Å². The van der Waals surface area contributed by atoms with E-state index in [0.717, 1.165) is 44.0 Å². The molecule has 0 spiro atoms. The van der Waals surface area contributed by atoms with Gasteiger partial charge in [-0.3, -0.25) is 9.88 Å². The average molecular weight is 300 g/mol. The topological polar surface area (TPSA) is 43.2 Å². The van der Waals surface area contributed by atoms with Gasteiger partial charge in [0.1, 0.15) is 0 Å². The minimum absolute atomic E-state index is 0.229. The SMILES string of the molecule is CC(C)OCc1ncn2c1CN(Cc1ccccn1)CCC2. The summed E-state index contributed by atoms with van der Waals surface area (Å²) in [7, 11) is 0. The van der Waals surface area contributed by atoms with E-state index in [1.807, 2.05) is 24.7 Å². The zero-order valence-corrected chi connectivity index (χ0v) is 13.4. The highest BCUT2D eigenvalue weighted by Crippen LogP contribution is 2.18. The average Bonchev–Trinajstić information content (AvgIpc) is 2.77. The third-order valence-corrected chi connectivity index (χ3v) is 3.94. The van der Waals surface area contributed by atoms with Gasteiger partial charge in [0.15, 0.2) is 0 Å². The van der Waals surface area contributed by atoms with Crippen LogP contribution in [0.4, 0.5) is 0 Å². The van der Waals surface area contributed by atoms with Gasteiger partial charge in [0, 0.05) is 32.4 Å². The van der Waals surface area contributed by atoms with Gasteiger partial charge >= 0.3 is 0 Å². The molecule has 1 aliphatic heterocycles. The molecule has 5 heteroatoms. The maximum absolute atomic E-state index is 5.74. The number of imidazole rings is 1. The Labute approximate surface area is 131 Å². The van der Waals surface area contributed by atoms with Gasteiger partial charge < -0.3 is 9.30 Å². The second kappa shape index (κ2) is 7.03. The monoisotopic (exact) mass is 300 g/mol. The number of nitrogens with zero attached hydrogens (tertiary/aromatic N) is 4. The lowest BCUT2D eigenvalue weighted by Gasteiger charge is -2.19. The van der Waals surface area contributed by atoms with E-state index in [1.165, 1.54) is 5.69 Å². The van der Waals surface area contributed by atoms with Crippen molar-refractivity contribution in [1.29, 1.82) is 0 Å². The van der Waals surface area contributed by atoms with E-state index >= 15 is 0 Å². The smallest absolute Gasteiger partial charge is 0.0953 e. The molecule has 118 valence electrons. The van der Waals surface area contributed by atoms with E-state index < -0.39 is 0 Å². The van der Waals surface area contributed by atoms with E-state index in [-0.39, 0.29) is 6.10 Å². The summed E-state index contributed by atoms with van der Waals surface area (Å²) in [4.78, 5) is 11.4. The molecule has 0 unspecified atom stereocenters. The zero-order chi connectivity index (χ0) is 15.4. The molecule has 0 saturated carbocycles. The first-order chi connectivity index (χ1) is 10.7. The maximum Gasteiger partial charge on any atom is 0.0953 e. The maximum atomic E-state index is 5.74. The third-order valence-electron chi connectivity index (χ3n) is 3.94. The van der Waals surface area contributed by atoms with Crippen LogP contribution in [0.25, 0.3) is 0 Å². The van der Waals surface area contributed by atoms with Crippen LogP contribution in [0.3, 0.4) is 0 Å². The second-order valence-corrected chi connectivity index (χ2v) is 6.08. The number of aryl methyl sites for hydroxylation is 1. The molecule has 0 bridgehead atoms. The summed E-state index contributed by atoms with van der Waals surface area (Å²) in [6.45, 7) is 8.62. The Hall–Kier alpha value is -1.72. The van der Waals surface area contributed by atoms with E-state index in [4.69, 9.17) is 4.74 Å². The molecular weight excluding hydrogens is 276 g/mol. The summed E-state index contributed by atoms with van der Waals surface area (Å²) >= 11 is 0. The molecule has 5 nitrogen and oxygen atoms in total.